The minimum Gasteiger partial charge on any atom is -0.399 e. The number of nitrogens with two attached hydrogens (primary N) is 1. The van der Waals surface area contributed by atoms with E-state index in [-0.39, 0.29) is 0 Å². The van der Waals surface area contributed by atoms with Gasteiger partial charge in [0.05, 0.1) is 5.52 Å². The third kappa shape index (κ3) is 2.14. The quantitative estimate of drug-likeness (QED) is 0.572. The third-order valence-corrected chi connectivity index (χ3v) is 4.18. The number of fused-ring (bicyclic) bond motifs is 1. The van der Waals surface area contributed by atoms with E-state index >= 15 is 0 Å². The maximum absolute atomic E-state index is 5.74. The van der Waals surface area contributed by atoms with Crippen LogP contribution in [0.2, 0.25) is 0 Å². The molecule has 0 saturated heterocycles. The van der Waals surface area contributed by atoms with E-state index in [0.29, 0.717) is 5.69 Å². The first-order valence-corrected chi connectivity index (χ1v) is 6.80. The molecule has 2 heterocycles. The Morgan fingerprint density at radius 3 is 2.94 bits per heavy atom. The second-order valence-electron chi connectivity index (χ2n) is 3.66. The second kappa shape index (κ2) is 4.51. The monoisotopic (exact) mass is 275 g/mol. The lowest BCUT2D eigenvalue weighted by Crippen LogP contribution is -1.89. The van der Waals surface area contributed by atoms with Gasteiger partial charge in [-0.1, -0.05) is 0 Å². The zero-order chi connectivity index (χ0) is 12.5. The highest BCUT2D eigenvalue weighted by atomic mass is 32.2. The van der Waals surface area contributed by atoms with Gasteiger partial charge in [-0.15, -0.1) is 0 Å². The van der Waals surface area contributed by atoms with Gasteiger partial charge in [-0.2, -0.15) is 4.37 Å². The van der Waals surface area contributed by atoms with Crippen LogP contribution in [-0.2, 0) is 0 Å². The maximum atomic E-state index is 5.74. The largest absolute Gasteiger partial charge is 0.399 e. The number of hydrogen-bond acceptors (Lipinski definition) is 7. The van der Waals surface area contributed by atoms with E-state index < -0.39 is 0 Å². The van der Waals surface area contributed by atoms with Crippen LogP contribution < -0.4 is 5.73 Å². The van der Waals surface area contributed by atoms with Crippen molar-refractivity contribution in [1.29, 1.82) is 0 Å². The molecular formula is C11H9N5S2. The van der Waals surface area contributed by atoms with Crippen LogP contribution in [0.4, 0.5) is 5.69 Å². The van der Waals surface area contributed by atoms with Crippen molar-refractivity contribution in [1.82, 2.24) is 19.3 Å². The zero-order valence-electron chi connectivity index (χ0n) is 9.49. The molecule has 0 aliphatic rings. The van der Waals surface area contributed by atoms with Crippen molar-refractivity contribution in [3.05, 3.63) is 30.4 Å². The molecule has 0 bridgehead atoms. The van der Waals surface area contributed by atoms with Gasteiger partial charge in [0, 0.05) is 11.1 Å². The Bertz CT molecular complexity index is 709. The third-order valence-electron chi connectivity index (χ3n) is 2.32. The number of anilines is 1. The first kappa shape index (κ1) is 11.4. The molecule has 0 fully saturated rings. The number of aromatic nitrogens is 4. The van der Waals surface area contributed by atoms with E-state index in [1.54, 1.807) is 0 Å². The van der Waals surface area contributed by atoms with Gasteiger partial charge in [0.2, 0.25) is 0 Å². The number of hydrogen-bond donors (Lipinski definition) is 1. The molecule has 0 unspecified atom stereocenters. The van der Waals surface area contributed by atoms with Crippen molar-refractivity contribution in [2.45, 2.75) is 16.3 Å². The van der Waals surface area contributed by atoms with Crippen molar-refractivity contribution in [2.24, 2.45) is 0 Å². The van der Waals surface area contributed by atoms with Gasteiger partial charge in [-0.25, -0.2) is 15.0 Å². The lowest BCUT2D eigenvalue weighted by molar-refractivity contribution is 1.08. The maximum Gasteiger partial charge on any atom is 0.176 e. The fourth-order valence-corrected chi connectivity index (χ4v) is 3.18. The minimum absolute atomic E-state index is 0.698. The number of nitrogens with zero attached hydrogens (tertiary/aromatic N) is 4. The molecule has 3 rings (SSSR count). The predicted octanol–water partition coefficient (Wildman–Crippen LogP) is 2.52. The summed E-state index contributed by atoms with van der Waals surface area (Å²) in [6.07, 6.45) is 1.54. The summed E-state index contributed by atoms with van der Waals surface area (Å²) in [5.74, 6) is 0.783. The van der Waals surface area contributed by atoms with E-state index in [1.807, 2.05) is 25.1 Å². The molecule has 0 amide bonds. The number of benzene rings is 1. The highest BCUT2D eigenvalue weighted by Gasteiger charge is 2.08. The SMILES string of the molecule is Cc1nsc(Sc2ncnc3cc(N)ccc23)n1. The molecule has 90 valence electrons. The molecule has 0 aliphatic heterocycles. The van der Waals surface area contributed by atoms with Gasteiger partial charge >= 0.3 is 0 Å². The van der Waals surface area contributed by atoms with Crippen LogP contribution in [0.5, 0.6) is 0 Å². The van der Waals surface area contributed by atoms with Crippen LogP contribution >= 0.6 is 23.3 Å². The first-order valence-electron chi connectivity index (χ1n) is 5.21. The average molecular weight is 275 g/mol. The van der Waals surface area contributed by atoms with E-state index in [2.05, 4.69) is 19.3 Å². The number of aryl methyl sites for hydroxylation is 1. The van der Waals surface area contributed by atoms with Crippen LogP contribution in [0.3, 0.4) is 0 Å². The van der Waals surface area contributed by atoms with E-state index in [4.69, 9.17) is 5.73 Å². The molecule has 0 spiro atoms. The predicted molar refractivity (Wildman–Crippen MR) is 72.7 cm³/mol. The van der Waals surface area contributed by atoms with Crippen molar-refractivity contribution in [2.75, 3.05) is 5.73 Å². The number of nitrogen functional groups attached to an aromatic ring is 1. The van der Waals surface area contributed by atoms with Crippen molar-refractivity contribution in [3.8, 4) is 0 Å². The minimum atomic E-state index is 0.698. The lowest BCUT2D eigenvalue weighted by Gasteiger charge is -2.02. The van der Waals surface area contributed by atoms with E-state index in [0.717, 1.165) is 26.1 Å². The molecule has 3 aromatic rings. The van der Waals surface area contributed by atoms with E-state index in [1.165, 1.54) is 29.6 Å². The van der Waals surface area contributed by atoms with Gasteiger partial charge in [0.15, 0.2) is 4.34 Å². The topological polar surface area (TPSA) is 77.6 Å². The molecular weight excluding hydrogens is 266 g/mol. The van der Waals surface area contributed by atoms with Crippen LogP contribution in [-0.4, -0.2) is 19.3 Å². The van der Waals surface area contributed by atoms with Gasteiger partial charge < -0.3 is 5.73 Å². The summed E-state index contributed by atoms with van der Waals surface area (Å²) in [5.41, 5.74) is 7.28. The molecule has 18 heavy (non-hydrogen) atoms. The van der Waals surface area contributed by atoms with Crippen molar-refractivity contribution < 1.29 is 0 Å². The summed E-state index contributed by atoms with van der Waals surface area (Å²) < 4.78 is 5.03. The molecule has 5 nitrogen and oxygen atoms in total. The fraction of sp³-hybridized carbons (Fsp3) is 0.0909. The Morgan fingerprint density at radius 1 is 1.28 bits per heavy atom. The Kier molecular flexibility index (Phi) is 2.85. The summed E-state index contributed by atoms with van der Waals surface area (Å²) in [4.78, 5) is 12.8. The molecule has 0 saturated carbocycles. The summed E-state index contributed by atoms with van der Waals surface area (Å²) in [5, 5.41) is 1.85. The Balaban J connectivity index is 2.06. The fourth-order valence-electron chi connectivity index (χ4n) is 1.53. The lowest BCUT2D eigenvalue weighted by atomic mass is 10.2. The van der Waals surface area contributed by atoms with Gasteiger partial charge in [-0.05, 0) is 48.4 Å². The highest BCUT2D eigenvalue weighted by molar-refractivity contribution is 8.01. The second-order valence-corrected chi connectivity index (χ2v) is 5.65. The van der Waals surface area contributed by atoms with Crippen molar-refractivity contribution in [3.63, 3.8) is 0 Å². The van der Waals surface area contributed by atoms with Crippen LogP contribution in [0.1, 0.15) is 5.82 Å². The summed E-state index contributed by atoms with van der Waals surface area (Å²) >= 11 is 2.87. The summed E-state index contributed by atoms with van der Waals surface area (Å²) in [7, 11) is 0. The average Bonchev–Trinajstić information content (AvgIpc) is 2.75. The summed E-state index contributed by atoms with van der Waals surface area (Å²) in [6.45, 7) is 1.87. The standard InChI is InChI=1S/C11H9N5S2/c1-6-15-11(18-16-6)17-10-8-3-2-7(12)4-9(8)13-5-14-10/h2-5H,12H2,1H3. The van der Waals surface area contributed by atoms with Crippen molar-refractivity contribution >= 4 is 39.9 Å². The summed E-state index contributed by atoms with van der Waals surface area (Å²) in [6, 6.07) is 5.62. The van der Waals surface area contributed by atoms with Crippen LogP contribution in [0.25, 0.3) is 10.9 Å². The van der Waals surface area contributed by atoms with Crippen LogP contribution in [0.15, 0.2) is 33.9 Å². The van der Waals surface area contributed by atoms with Gasteiger partial charge in [0.25, 0.3) is 0 Å². The molecule has 1 aromatic carbocycles. The molecule has 2 N–H and O–H groups in total. The Labute approximate surface area is 112 Å². The molecule has 7 heteroatoms. The van der Waals surface area contributed by atoms with Gasteiger partial charge in [-0.3, -0.25) is 0 Å². The first-order chi connectivity index (χ1) is 8.72. The highest BCUT2D eigenvalue weighted by Crippen LogP contribution is 2.32. The Morgan fingerprint density at radius 2 is 2.17 bits per heavy atom. The molecule has 2 aromatic heterocycles. The van der Waals surface area contributed by atoms with Crippen LogP contribution in [0, 0.1) is 6.92 Å². The Hall–Kier alpha value is -1.73. The molecule has 0 aliphatic carbocycles. The zero-order valence-corrected chi connectivity index (χ0v) is 11.1. The van der Waals surface area contributed by atoms with E-state index in [9.17, 15) is 0 Å². The molecule has 0 radical (unpaired) electrons. The number of rotatable bonds is 2. The normalized spacial score (nSPS) is 10.9. The van der Waals surface area contributed by atoms with Gasteiger partial charge in [0.1, 0.15) is 17.2 Å². The molecule has 0 atom stereocenters. The smallest absolute Gasteiger partial charge is 0.176 e.